The monoisotopic (exact) mass is 221 g/mol. The highest BCUT2D eigenvalue weighted by Gasteiger charge is 2.22. The molecule has 0 saturated carbocycles. The second kappa shape index (κ2) is 5.32. The normalized spacial score (nSPS) is 22.0. The van der Waals surface area contributed by atoms with Crippen molar-refractivity contribution in [3.05, 3.63) is 29.8 Å². The summed E-state index contributed by atoms with van der Waals surface area (Å²) in [5, 5.41) is 0. The van der Waals surface area contributed by atoms with Crippen molar-refractivity contribution in [1.29, 1.82) is 0 Å². The molecule has 3 nitrogen and oxygen atoms in total. The number of ether oxygens (including phenoxy) is 2. The number of methoxy groups -OCH3 is 1. The van der Waals surface area contributed by atoms with E-state index < -0.39 is 0 Å². The maximum Gasteiger partial charge on any atom is 0.119 e. The van der Waals surface area contributed by atoms with Gasteiger partial charge in [0, 0.05) is 12.6 Å². The van der Waals surface area contributed by atoms with Crippen LogP contribution in [0.5, 0.6) is 5.75 Å². The van der Waals surface area contributed by atoms with E-state index in [1.807, 2.05) is 18.2 Å². The molecule has 0 aliphatic carbocycles. The van der Waals surface area contributed by atoms with Crippen LogP contribution in [0.4, 0.5) is 0 Å². The molecule has 1 aromatic rings. The van der Waals surface area contributed by atoms with Gasteiger partial charge in [-0.2, -0.15) is 0 Å². The summed E-state index contributed by atoms with van der Waals surface area (Å²) in [6.07, 6.45) is 3.30. The molecule has 3 heteroatoms. The van der Waals surface area contributed by atoms with Crippen LogP contribution >= 0.6 is 0 Å². The molecular formula is C13H19NO2. The van der Waals surface area contributed by atoms with Gasteiger partial charge in [-0.1, -0.05) is 12.1 Å². The van der Waals surface area contributed by atoms with Gasteiger partial charge in [0.15, 0.2) is 0 Å². The molecule has 1 saturated heterocycles. The fourth-order valence-corrected chi connectivity index (χ4v) is 2.14. The highest BCUT2D eigenvalue weighted by Crippen LogP contribution is 2.19. The molecule has 88 valence electrons. The van der Waals surface area contributed by atoms with Crippen molar-refractivity contribution in [2.45, 2.75) is 31.4 Å². The third kappa shape index (κ3) is 2.74. The van der Waals surface area contributed by atoms with Gasteiger partial charge in [0.2, 0.25) is 0 Å². The first-order chi connectivity index (χ1) is 7.79. The molecule has 0 bridgehead atoms. The standard InChI is InChI=1S/C13H19NO2/c1-15-11-5-2-4-10(8-11)9-12(14)13-6-3-7-16-13/h2,4-5,8,12-13H,3,6-7,9,14H2,1H3. The van der Waals surface area contributed by atoms with Crippen molar-refractivity contribution in [2.24, 2.45) is 5.73 Å². The first kappa shape index (κ1) is 11.4. The fraction of sp³-hybridized carbons (Fsp3) is 0.538. The fourth-order valence-electron chi connectivity index (χ4n) is 2.14. The van der Waals surface area contributed by atoms with Gasteiger partial charge in [0.25, 0.3) is 0 Å². The minimum absolute atomic E-state index is 0.0922. The largest absolute Gasteiger partial charge is 0.497 e. The Hall–Kier alpha value is -1.06. The predicted octanol–water partition coefficient (Wildman–Crippen LogP) is 1.74. The highest BCUT2D eigenvalue weighted by atomic mass is 16.5. The average Bonchev–Trinajstić information content (AvgIpc) is 2.83. The Labute approximate surface area is 96.5 Å². The van der Waals surface area contributed by atoms with Crippen LogP contribution in [0.15, 0.2) is 24.3 Å². The second-order valence-electron chi connectivity index (χ2n) is 4.27. The minimum Gasteiger partial charge on any atom is -0.497 e. The van der Waals surface area contributed by atoms with Crippen LogP contribution in [0.1, 0.15) is 18.4 Å². The van der Waals surface area contributed by atoms with Crippen molar-refractivity contribution in [1.82, 2.24) is 0 Å². The summed E-state index contributed by atoms with van der Waals surface area (Å²) in [7, 11) is 1.68. The third-order valence-electron chi connectivity index (χ3n) is 3.05. The second-order valence-corrected chi connectivity index (χ2v) is 4.27. The van der Waals surface area contributed by atoms with E-state index in [1.165, 1.54) is 5.56 Å². The lowest BCUT2D eigenvalue weighted by atomic mass is 10.0. The van der Waals surface area contributed by atoms with Gasteiger partial charge < -0.3 is 15.2 Å². The Bertz CT molecular complexity index is 334. The van der Waals surface area contributed by atoms with Crippen LogP contribution in [0.3, 0.4) is 0 Å². The zero-order valence-corrected chi connectivity index (χ0v) is 9.69. The average molecular weight is 221 g/mol. The molecule has 1 aromatic carbocycles. The maximum absolute atomic E-state index is 6.14. The maximum atomic E-state index is 6.14. The van der Waals surface area contributed by atoms with Crippen LogP contribution < -0.4 is 10.5 Å². The zero-order valence-electron chi connectivity index (χ0n) is 9.69. The molecule has 2 N–H and O–H groups in total. The first-order valence-corrected chi connectivity index (χ1v) is 5.79. The number of hydrogen-bond donors (Lipinski definition) is 1. The quantitative estimate of drug-likeness (QED) is 0.842. The highest BCUT2D eigenvalue weighted by molar-refractivity contribution is 5.29. The van der Waals surface area contributed by atoms with E-state index in [2.05, 4.69) is 6.07 Å². The Morgan fingerprint density at radius 3 is 3.12 bits per heavy atom. The minimum atomic E-state index is 0.0922. The molecule has 0 spiro atoms. The molecule has 1 fully saturated rings. The molecule has 0 amide bonds. The van der Waals surface area contributed by atoms with E-state index in [0.717, 1.165) is 31.6 Å². The molecule has 0 aromatic heterocycles. The van der Waals surface area contributed by atoms with Crippen LogP contribution in [0, 0.1) is 0 Å². The Kier molecular flexibility index (Phi) is 3.80. The number of rotatable bonds is 4. The van der Waals surface area contributed by atoms with Crippen molar-refractivity contribution < 1.29 is 9.47 Å². The van der Waals surface area contributed by atoms with Gasteiger partial charge >= 0.3 is 0 Å². The van der Waals surface area contributed by atoms with Gasteiger partial charge in [0.05, 0.1) is 13.2 Å². The zero-order chi connectivity index (χ0) is 11.4. The molecule has 16 heavy (non-hydrogen) atoms. The molecule has 2 unspecified atom stereocenters. The molecule has 1 heterocycles. The van der Waals surface area contributed by atoms with Gasteiger partial charge in [-0.3, -0.25) is 0 Å². The van der Waals surface area contributed by atoms with Crippen LogP contribution in [0.2, 0.25) is 0 Å². The number of nitrogens with two attached hydrogens (primary N) is 1. The SMILES string of the molecule is COc1cccc(CC(N)C2CCCO2)c1. The molecule has 0 radical (unpaired) electrons. The van der Waals surface area contributed by atoms with E-state index in [0.29, 0.717) is 0 Å². The van der Waals surface area contributed by atoms with Gasteiger partial charge in [0.1, 0.15) is 5.75 Å². The summed E-state index contributed by atoms with van der Waals surface area (Å²) in [4.78, 5) is 0. The van der Waals surface area contributed by atoms with Crippen LogP contribution in [-0.2, 0) is 11.2 Å². The lowest BCUT2D eigenvalue weighted by Gasteiger charge is -2.18. The molecule has 1 aliphatic rings. The summed E-state index contributed by atoms with van der Waals surface area (Å²) >= 11 is 0. The summed E-state index contributed by atoms with van der Waals surface area (Å²) in [6, 6.07) is 8.15. The van der Waals surface area contributed by atoms with Gasteiger partial charge in [-0.15, -0.1) is 0 Å². The Balaban J connectivity index is 1.96. The summed E-state index contributed by atoms with van der Waals surface area (Å²) < 4.78 is 10.8. The van der Waals surface area contributed by atoms with Crippen molar-refractivity contribution >= 4 is 0 Å². The van der Waals surface area contributed by atoms with Gasteiger partial charge in [-0.05, 0) is 37.0 Å². The molecular weight excluding hydrogens is 202 g/mol. The summed E-state index contributed by atoms with van der Waals surface area (Å²) in [5.74, 6) is 0.886. The first-order valence-electron chi connectivity index (χ1n) is 5.79. The number of benzene rings is 1. The van der Waals surface area contributed by atoms with E-state index in [9.17, 15) is 0 Å². The van der Waals surface area contributed by atoms with E-state index in [4.69, 9.17) is 15.2 Å². The van der Waals surface area contributed by atoms with Crippen LogP contribution in [0.25, 0.3) is 0 Å². The predicted molar refractivity (Wildman–Crippen MR) is 63.6 cm³/mol. The topological polar surface area (TPSA) is 44.5 Å². The summed E-state index contributed by atoms with van der Waals surface area (Å²) in [6.45, 7) is 0.858. The third-order valence-corrected chi connectivity index (χ3v) is 3.05. The smallest absolute Gasteiger partial charge is 0.119 e. The number of hydrogen-bond acceptors (Lipinski definition) is 3. The molecule has 2 rings (SSSR count). The van der Waals surface area contributed by atoms with Crippen molar-refractivity contribution in [3.8, 4) is 5.75 Å². The van der Waals surface area contributed by atoms with Crippen LogP contribution in [-0.4, -0.2) is 25.9 Å². The lowest BCUT2D eigenvalue weighted by Crippen LogP contribution is -2.36. The van der Waals surface area contributed by atoms with E-state index >= 15 is 0 Å². The van der Waals surface area contributed by atoms with Crippen molar-refractivity contribution in [2.75, 3.05) is 13.7 Å². The summed E-state index contributed by atoms with van der Waals surface area (Å²) in [5.41, 5.74) is 7.35. The Morgan fingerprint density at radius 2 is 2.44 bits per heavy atom. The molecule has 1 aliphatic heterocycles. The lowest BCUT2D eigenvalue weighted by molar-refractivity contribution is 0.0900. The van der Waals surface area contributed by atoms with E-state index in [-0.39, 0.29) is 12.1 Å². The Morgan fingerprint density at radius 1 is 1.56 bits per heavy atom. The van der Waals surface area contributed by atoms with Crippen molar-refractivity contribution in [3.63, 3.8) is 0 Å². The van der Waals surface area contributed by atoms with E-state index in [1.54, 1.807) is 7.11 Å². The molecule has 2 atom stereocenters. The van der Waals surface area contributed by atoms with Gasteiger partial charge in [-0.25, -0.2) is 0 Å².